The van der Waals surface area contributed by atoms with Gasteiger partial charge in [0.05, 0.1) is 16.2 Å². The number of hydrogen-bond acceptors (Lipinski definition) is 5. The third-order valence-electron chi connectivity index (χ3n) is 4.47. The Labute approximate surface area is 185 Å². The fraction of sp³-hybridized carbons (Fsp3) is 0.474. The molecule has 0 aliphatic heterocycles. The topological polar surface area (TPSA) is 99.1 Å². The number of nitrogens with zero attached hydrogens (tertiary/aromatic N) is 1. The summed E-state index contributed by atoms with van der Waals surface area (Å²) < 4.78 is 45.6. The molecule has 3 atom stereocenters. The molecule has 1 aromatic rings. The van der Waals surface area contributed by atoms with E-state index in [0.717, 1.165) is 6.92 Å². The van der Waals surface area contributed by atoms with Crippen LogP contribution in [0.15, 0.2) is 35.9 Å². The Balaban J connectivity index is 2.39. The van der Waals surface area contributed by atoms with E-state index in [9.17, 15) is 27.9 Å². The van der Waals surface area contributed by atoms with Crippen LogP contribution in [-0.2, 0) is 9.59 Å². The number of carbonyl (C=O) groups excluding carboxylic acids is 2. The lowest BCUT2D eigenvalue weighted by atomic mass is 9.88. The van der Waals surface area contributed by atoms with E-state index in [1.807, 2.05) is 22.6 Å². The second-order valence-corrected chi connectivity index (χ2v) is 7.87. The SMILES string of the molecule is CC(=O)N(CC(F)(F)F)C1CC(C(=O)NCCO)=CC(Oc2ccccc2I)C1O. The van der Waals surface area contributed by atoms with Crippen LogP contribution in [0.25, 0.3) is 0 Å². The Morgan fingerprint density at radius 3 is 2.57 bits per heavy atom. The molecule has 11 heteroatoms. The van der Waals surface area contributed by atoms with Crippen molar-refractivity contribution in [1.29, 1.82) is 0 Å². The number of benzene rings is 1. The maximum Gasteiger partial charge on any atom is 0.406 e. The minimum atomic E-state index is -4.68. The van der Waals surface area contributed by atoms with Crippen LogP contribution in [0.1, 0.15) is 13.3 Å². The van der Waals surface area contributed by atoms with Gasteiger partial charge in [-0.15, -0.1) is 0 Å². The van der Waals surface area contributed by atoms with E-state index in [-0.39, 0.29) is 25.1 Å². The molecular formula is C19H22F3IN2O5. The average molecular weight is 542 g/mol. The van der Waals surface area contributed by atoms with Gasteiger partial charge in [-0.3, -0.25) is 9.59 Å². The smallest absolute Gasteiger partial charge is 0.406 e. The maximum atomic E-state index is 13.0. The van der Waals surface area contributed by atoms with Crippen molar-refractivity contribution in [2.24, 2.45) is 0 Å². The molecule has 0 aromatic heterocycles. The largest absolute Gasteiger partial charge is 0.482 e. The minimum Gasteiger partial charge on any atom is -0.482 e. The van der Waals surface area contributed by atoms with E-state index in [1.54, 1.807) is 24.3 Å². The van der Waals surface area contributed by atoms with E-state index in [4.69, 9.17) is 9.84 Å². The summed E-state index contributed by atoms with van der Waals surface area (Å²) >= 11 is 2.00. The first kappa shape index (κ1) is 24.4. The number of ether oxygens (including phenoxy) is 1. The summed E-state index contributed by atoms with van der Waals surface area (Å²) in [6.07, 6.45) is -6.30. The highest BCUT2D eigenvalue weighted by molar-refractivity contribution is 14.1. The molecule has 0 bridgehead atoms. The third-order valence-corrected chi connectivity index (χ3v) is 5.36. The van der Waals surface area contributed by atoms with Crippen LogP contribution in [0.3, 0.4) is 0 Å². The molecule has 0 saturated carbocycles. The van der Waals surface area contributed by atoms with Gasteiger partial charge in [0, 0.05) is 25.5 Å². The van der Waals surface area contributed by atoms with Gasteiger partial charge >= 0.3 is 6.18 Å². The van der Waals surface area contributed by atoms with E-state index >= 15 is 0 Å². The molecule has 30 heavy (non-hydrogen) atoms. The Morgan fingerprint density at radius 2 is 2.00 bits per heavy atom. The predicted molar refractivity (Wildman–Crippen MR) is 110 cm³/mol. The summed E-state index contributed by atoms with van der Waals surface area (Å²) in [5.74, 6) is -1.13. The van der Waals surface area contributed by atoms with E-state index in [0.29, 0.717) is 14.2 Å². The molecule has 1 aliphatic rings. The number of para-hydroxylation sites is 1. The Bertz CT molecular complexity index is 803. The van der Waals surface area contributed by atoms with E-state index in [1.165, 1.54) is 6.08 Å². The van der Waals surface area contributed by atoms with E-state index in [2.05, 4.69) is 5.32 Å². The second kappa shape index (κ2) is 10.4. The molecule has 166 valence electrons. The molecule has 2 rings (SSSR count). The van der Waals surface area contributed by atoms with Crippen molar-refractivity contribution in [1.82, 2.24) is 10.2 Å². The zero-order valence-electron chi connectivity index (χ0n) is 16.0. The summed E-state index contributed by atoms with van der Waals surface area (Å²) in [6.45, 7) is -0.963. The van der Waals surface area contributed by atoms with Gasteiger partial charge in [-0.25, -0.2) is 0 Å². The summed E-state index contributed by atoms with van der Waals surface area (Å²) in [4.78, 5) is 24.9. The highest BCUT2D eigenvalue weighted by Gasteiger charge is 2.43. The number of aliphatic hydroxyl groups excluding tert-OH is 2. The molecule has 3 N–H and O–H groups in total. The Kier molecular flexibility index (Phi) is 8.50. The summed E-state index contributed by atoms with van der Waals surface area (Å²) in [6, 6.07) is 5.49. The third kappa shape index (κ3) is 6.57. The number of nitrogens with one attached hydrogen (secondary N) is 1. The molecule has 0 radical (unpaired) electrons. The molecule has 0 fully saturated rings. The fourth-order valence-electron chi connectivity index (χ4n) is 3.12. The van der Waals surface area contributed by atoms with Crippen LogP contribution >= 0.6 is 22.6 Å². The first-order chi connectivity index (χ1) is 14.0. The van der Waals surface area contributed by atoms with Crippen molar-refractivity contribution >= 4 is 34.4 Å². The van der Waals surface area contributed by atoms with Crippen molar-refractivity contribution in [2.45, 2.75) is 37.8 Å². The van der Waals surface area contributed by atoms with Gasteiger partial charge in [0.25, 0.3) is 0 Å². The Morgan fingerprint density at radius 1 is 1.33 bits per heavy atom. The average Bonchev–Trinajstić information content (AvgIpc) is 2.66. The van der Waals surface area contributed by atoms with Crippen molar-refractivity contribution in [3.8, 4) is 5.75 Å². The Hall–Kier alpha value is -1.86. The van der Waals surface area contributed by atoms with Gasteiger partial charge in [-0.2, -0.15) is 13.2 Å². The number of alkyl halides is 3. The first-order valence-corrected chi connectivity index (χ1v) is 10.1. The number of rotatable bonds is 7. The van der Waals surface area contributed by atoms with Gasteiger partial charge < -0.3 is 25.2 Å². The highest BCUT2D eigenvalue weighted by atomic mass is 127. The van der Waals surface area contributed by atoms with Gasteiger partial charge in [0.2, 0.25) is 11.8 Å². The van der Waals surface area contributed by atoms with Gasteiger partial charge in [0.1, 0.15) is 24.5 Å². The number of amides is 2. The molecule has 3 unspecified atom stereocenters. The van der Waals surface area contributed by atoms with Crippen LogP contribution in [0, 0.1) is 3.57 Å². The molecule has 1 aromatic carbocycles. The van der Waals surface area contributed by atoms with Crippen LogP contribution in [0.2, 0.25) is 0 Å². The first-order valence-electron chi connectivity index (χ1n) is 9.06. The maximum absolute atomic E-state index is 13.0. The molecule has 2 amide bonds. The van der Waals surface area contributed by atoms with Gasteiger partial charge in [-0.05, 0) is 40.8 Å². The van der Waals surface area contributed by atoms with Crippen molar-refractivity contribution in [3.05, 3.63) is 39.5 Å². The van der Waals surface area contributed by atoms with Crippen LogP contribution < -0.4 is 10.1 Å². The number of aliphatic hydroxyl groups is 2. The van der Waals surface area contributed by atoms with Crippen molar-refractivity contribution < 1.29 is 37.7 Å². The fourth-order valence-corrected chi connectivity index (χ4v) is 3.64. The lowest BCUT2D eigenvalue weighted by Gasteiger charge is -2.40. The molecule has 1 aliphatic carbocycles. The number of hydrogen-bond donors (Lipinski definition) is 3. The molecule has 7 nitrogen and oxygen atoms in total. The lowest BCUT2D eigenvalue weighted by molar-refractivity contribution is -0.171. The second-order valence-electron chi connectivity index (χ2n) is 6.71. The molecule has 0 saturated heterocycles. The summed E-state index contributed by atoms with van der Waals surface area (Å²) in [7, 11) is 0. The number of carbonyl (C=O) groups is 2. The van der Waals surface area contributed by atoms with Crippen LogP contribution in [-0.4, -0.2) is 71.0 Å². The molecule has 0 heterocycles. The zero-order chi connectivity index (χ0) is 22.5. The normalized spacial score (nSPS) is 21.6. The molecular weight excluding hydrogens is 520 g/mol. The quantitative estimate of drug-likeness (QED) is 0.455. The van der Waals surface area contributed by atoms with Gasteiger partial charge in [0.15, 0.2) is 0 Å². The van der Waals surface area contributed by atoms with Gasteiger partial charge in [-0.1, -0.05) is 12.1 Å². The van der Waals surface area contributed by atoms with Crippen molar-refractivity contribution in [2.75, 3.05) is 19.7 Å². The van der Waals surface area contributed by atoms with Crippen LogP contribution in [0.5, 0.6) is 5.75 Å². The standard InChI is InChI=1S/C19H22F3IN2O5/c1-11(27)25(10-19(20,21)22)14-8-12(18(29)24-6-7-26)9-16(17(14)28)30-15-5-3-2-4-13(15)23/h2-5,9,14,16-17,26,28H,6-8,10H2,1H3,(H,24,29). The van der Waals surface area contributed by atoms with Crippen LogP contribution in [0.4, 0.5) is 13.2 Å². The van der Waals surface area contributed by atoms with E-state index < -0.39 is 42.8 Å². The number of halogens is 4. The zero-order valence-corrected chi connectivity index (χ0v) is 18.2. The monoisotopic (exact) mass is 542 g/mol. The molecule has 0 spiro atoms. The van der Waals surface area contributed by atoms with Crippen molar-refractivity contribution in [3.63, 3.8) is 0 Å². The highest BCUT2D eigenvalue weighted by Crippen LogP contribution is 2.31. The summed E-state index contributed by atoms with van der Waals surface area (Å²) in [5, 5.41) is 22.1. The predicted octanol–water partition coefficient (Wildman–Crippen LogP) is 1.62. The minimum absolute atomic E-state index is 0.0511. The lowest BCUT2D eigenvalue weighted by Crippen LogP contribution is -2.56. The summed E-state index contributed by atoms with van der Waals surface area (Å²) in [5.41, 5.74) is 0.0584.